The molecule has 6 nitrogen and oxygen atoms in total. The van der Waals surface area contributed by atoms with E-state index in [0.29, 0.717) is 4.77 Å². The Morgan fingerprint density at radius 1 is 1.35 bits per heavy atom. The van der Waals surface area contributed by atoms with E-state index in [1.165, 1.54) is 0 Å². The van der Waals surface area contributed by atoms with Crippen LogP contribution >= 0.6 is 23.6 Å². The molecule has 108 valence electrons. The first kappa shape index (κ1) is 13.7. The lowest BCUT2D eigenvalue weighted by atomic mass is 10.3. The lowest BCUT2D eigenvalue weighted by molar-refractivity contribution is 0.271. The van der Waals surface area contributed by atoms with Crippen molar-refractivity contribution in [2.75, 3.05) is 37.6 Å². The predicted octanol–water partition coefficient (Wildman–Crippen LogP) is 1.74. The van der Waals surface area contributed by atoms with Crippen LogP contribution in [0.15, 0.2) is 5.38 Å². The molecule has 8 heteroatoms. The van der Waals surface area contributed by atoms with Gasteiger partial charge in [0.05, 0.1) is 0 Å². The molecular formula is C12H18N6S2. The zero-order valence-electron chi connectivity index (χ0n) is 11.7. The van der Waals surface area contributed by atoms with Crippen LogP contribution in [0.2, 0.25) is 0 Å². The molecule has 3 heterocycles. The average Bonchev–Trinajstić information content (AvgIpc) is 3.08. The van der Waals surface area contributed by atoms with Crippen LogP contribution in [0, 0.1) is 4.77 Å². The summed E-state index contributed by atoms with van der Waals surface area (Å²) in [6, 6.07) is 0. The molecule has 0 aromatic carbocycles. The van der Waals surface area contributed by atoms with Crippen LogP contribution in [0.3, 0.4) is 0 Å². The Morgan fingerprint density at radius 3 is 2.70 bits per heavy atom. The molecule has 1 aliphatic rings. The minimum Gasteiger partial charge on any atom is -0.346 e. The van der Waals surface area contributed by atoms with E-state index in [1.54, 1.807) is 11.3 Å². The van der Waals surface area contributed by atoms with Gasteiger partial charge in [-0.05, 0) is 18.8 Å². The van der Waals surface area contributed by atoms with E-state index >= 15 is 0 Å². The first-order valence-corrected chi connectivity index (χ1v) is 8.02. The highest BCUT2D eigenvalue weighted by molar-refractivity contribution is 7.71. The third kappa shape index (κ3) is 2.50. The van der Waals surface area contributed by atoms with Crippen molar-refractivity contribution < 1.29 is 0 Å². The maximum atomic E-state index is 5.14. The number of likely N-dealkylation sites (N-methyl/N-ethyl adjacent to an activating group) is 1. The number of aromatic nitrogens is 4. The van der Waals surface area contributed by atoms with Gasteiger partial charge in [-0.2, -0.15) is 5.10 Å². The summed E-state index contributed by atoms with van der Waals surface area (Å²) >= 11 is 6.81. The molecule has 1 aliphatic heterocycles. The Balaban J connectivity index is 1.78. The number of rotatable bonds is 3. The Morgan fingerprint density at radius 2 is 2.10 bits per heavy atom. The normalized spacial score (nSPS) is 16.8. The summed E-state index contributed by atoms with van der Waals surface area (Å²) in [7, 11) is 1.90. The molecule has 0 atom stereocenters. The first-order chi connectivity index (χ1) is 9.69. The van der Waals surface area contributed by atoms with Gasteiger partial charge in [0.15, 0.2) is 15.7 Å². The zero-order valence-corrected chi connectivity index (χ0v) is 13.3. The molecule has 20 heavy (non-hydrogen) atoms. The molecular weight excluding hydrogens is 292 g/mol. The predicted molar refractivity (Wildman–Crippen MR) is 83.8 cm³/mol. The quantitative estimate of drug-likeness (QED) is 0.875. The molecule has 0 unspecified atom stereocenters. The van der Waals surface area contributed by atoms with E-state index < -0.39 is 0 Å². The number of hydrogen-bond donors (Lipinski definition) is 1. The number of nitrogens with zero attached hydrogens (tertiary/aromatic N) is 5. The van der Waals surface area contributed by atoms with Gasteiger partial charge in [0.1, 0.15) is 5.69 Å². The summed E-state index contributed by atoms with van der Waals surface area (Å²) in [4.78, 5) is 9.51. The van der Waals surface area contributed by atoms with Crippen molar-refractivity contribution in [3.8, 4) is 11.5 Å². The molecule has 1 fully saturated rings. The van der Waals surface area contributed by atoms with Crippen molar-refractivity contribution in [3.63, 3.8) is 0 Å². The molecule has 0 spiro atoms. The molecule has 0 radical (unpaired) electrons. The maximum Gasteiger partial charge on any atom is 0.195 e. The maximum absolute atomic E-state index is 5.14. The molecule has 0 amide bonds. The SMILES string of the molecule is CCN1CCN(c2nc(-c3n[nH]c(=S)n3C)cs2)CC1. The monoisotopic (exact) mass is 310 g/mol. The number of aromatic amines is 1. The van der Waals surface area contributed by atoms with Gasteiger partial charge in [-0.25, -0.2) is 4.98 Å². The minimum atomic E-state index is 0.617. The third-order valence-electron chi connectivity index (χ3n) is 3.69. The second-order valence-corrected chi connectivity index (χ2v) is 6.07. The van der Waals surface area contributed by atoms with Crippen LogP contribution in [-0.4, -0.2) is 57.4 Å². The van der Waals surface area contributed by atoms with Crippen molar-refractivity contribution in [1.82, 2.24) is 24.6 Å². The molecule has 0 aliphatic carbocycles. The minimum absolute atomic E-state index is 0.617. The van der Waals surface area contributed by atoms with Gasteiger partial charge < -0.3 is 14.4 Å². The van der Waals surface area contributed by atoms with Gasteiger partial charge in [0.2, 0.25) is 0 Å². The first-order valence-electron chi connectivity index (χ1n) is 6.73. The van der Waals surface area contributed by atoms with E-state index in [2.05, 4.69) is 26.9 Å². The van der Waals surface area contributed by atoms with E-state index in [0.717, 1.165) is 49.4 Å². The van der Waals surface area contributed by atoms with Crippen LogP contribution < -0.4 is 4.90 Å². The lowest BCUT2D eigenvalue weighted by Crippen LogP contribution is -2.46. The van der Waals surface area contributed by atoms with Gasteiger partial charge in [-0.3, -0.25) is 5.10 Å². The van der Waals surface area contributed by atoms with Crippen molar-refractivity contribution in [2.24, 2.45) is 7.05 Å². The summed E-state index contributed by atoms with van der Waals surface area (Å²) in [5.74, 6) is 0.796. The van der Waals surface area contributed by atoms with Crippen molar-refractivity contribution in [3.05, 3.63) is 10.2 Å². The summed E-state index contributed by atoms with van der Waals surface area (Å²) < 4.78 is 2.47. The van der Waals surface area contributed by atoms with Crippen molar-refractivity contribution in [2.45, 2.75) is 6.92 Å². The highest BCUT2D eigenvalue weighted by atomic mass is 32.1. The number of hydrogen-bond acceptors (Lipinski definition) is 6. The Labute approximate surface area is 127 Å². The van der Waals surface area contributed by atoms with Gasteiger partial charge in [-0.15, -0.1) is 11.3 Å². The summed E-state index contributed by atoms with van der Waals surface area (Å²) in [5, 5.41) is 10.2. The van der Waals surface area contributed by atoms with E-state index in [9.17, 15) is 0 Å². The smallest absolute Gasteiger partial charge is 0.195 e. The number of thiazole rings is 1. The summed E-state index contributed by atoms with van der Waals surface area (Å²) in [5.41, 5.74) is 0.887. The van der Waals surface area contributed by atoms with Crippen molar-refractivity contribution in [1.29, 1.82) is 0 Å². The van der Waals surface area contributed by atoms with E-state index in [1.807, 2.05) is 17.0 Å². The summed E-state index contributed by atoms with van der Waals surface area (Å²) in [6.45, 7) is 7.64. The zero-order chi connectivity index (χ0) is 14.1. The molecule has 3 rings (SSSR count). The van der Waals surface area contributed by atoms with Crippen LogP contribution in [0.1, 0.15) is 6.92 Å². The highest BCUT2D eigenvalue weighted by Crippen LogP contribution is 2.26. The Kier molecular flexibility index (Phi) is 3.86. The Bertz CT molecular complexity index is 634. The molecule has 0 saturated carbocycles. The summed E-state index contributed by atoms with van der Waals surface area (Å²) in [6.07, 6.45) is 0. The fourth-order valence-corrected chi connectivity index (χ4v) is 3.33. The largest absolute Gasteiger partial charge is 0.346 e. The fourth-order valence-electron chi connectivity index (χ4n) is 2.34. The van der Waals surface area contributed by atoms with Gasteiger partial charge in [-0.1, -0.05) is 6.92 Å². The number of nitrogens with one attached hydrogen (secondary N) is 1. The number of piperazine rings is 1. The molecule has 1 N–H and O–H groups in total. The van der Waals surface area contributed by atoms with Crippen molar-refractivity contribution >= 4 is 28.7 Å². The Hall–Kier alpha value is -1.25. The third-order valence-corrected chi connectivity index (χ3v) is 4.96. The second-order valence-electron chi connectivity index (χ2n) is 4.85. The topological polar surface area (TPSA) is 53.0 Å². The van der Waals surface area contributed by atoms with Crippen LogP contribution in [-0.2, 0) is 7.05 Å². The van der Waals surface area contributed by atoms with E-state index in [-0.39, 0.29) is 0 Å². The number of H-pyrrole nitrogens is 1. The molecule has 0 bridgehead atoms. The van der Waals surface area contributed by atoms with Crippen LogP contribution in [0.5, 0.6) is 0 Å². The average molecular weight is 310 g/mol. The van der Waals surface area contributed by atoms with Crippen LogP contribution in [0.25, 0.3) is 11.5 Å². The van der Waals surface area contributed by atoms with Gasteiger partial charge >= 0.3 is 0 Å². The molecule has 1 saturated heterocycles. The lowest BCUT2D eigenvalue weighted by Gasteiger charge is -2.33. The standard InChI is InChI=1S/C12H18N6S2/c1-3-17-4-6-18(7-5-17)12-13-9(8-20-12)10-14-15-11(19)16(10)2/h8H,3-7H2,1-2H3,(H,15,19). The van der Waals surface area contributed by atoms with Crippen LogP contribution in [0.4, 0.5) is 5.13 Å². The molecule has 2 aromatic heterocycles. The van der Waals surface area contributed by atoms with E-state index in [4.69, 9.17) is 17.2 Å². The number of anilines is 1. The highest BCUT2D eigenvalue weighted by Gasteiger charge is 2.19. The van der Waals surface area contributed by atoms with Gasteiger partial charge in [0, 0.05) is 38.6 Å². The molecule has 2 aromatic rings. The van der Waals surface area contributed by atoms with Gasteiger partial charge in [0.25, 0.3) is 0 Å². The fraction of sp³-hybridized carbons (Fsp3) is 0.583. The second kappa shape index (κ2) is 5.63.